The lowest BCUT2D eigenvalue weighted by atomic mass is 10.1. The predicted octanol–water partition coefficient (Wildman–Crippen LogP) is 1.24. The van der Waals surface area contributed by atoms with E-state index >= 15 is 0 Å². The molecule has 3 heteroatoms. The molecule has 2 nitrogen and oxygen atoms in total. The van der Waals surface area contributed by atoms with E-state index in [4.69, 9.17) is 0 Å². The summed E-state index contributed by atoms with van der Waals surface area (Å²) in [6, 6.07) is 0.192. The highest BCUT2D eigenvalue weighted by atomic mass is 32.2. The van der Waals surface area contributed by atoms with Gasteiger partial charge in [-0.3, -0.25) is 0 Å². The number of hydrogen-bond acceptors (Lipinski definition) is 3. The fourth-order valence-corrected chi connectivity index (χ4v) is 2.22. The third-order valence-electron chi connectivity index (χ3n) is 2.48. The third-order valence-corrected chi connectivity index (χ3v) is 3.17. The lowest BCUT2D eigenvalue weighted by molar-refractivity contribution is 0.160. The van der Waals surface area contributed by atoms with E-state index in [0.29, 0.717) is 0 Å². The molecule has 0 aromatic carbocycles. The Morgan fingerprint density at radius 3 is 3.17 bits per heavy atom. The Bertz CT molecular complexity index is 247. The largest absolute Gasteiger partial charge is 0.391 e. The minimum Gasteiger partial charge on any atom is -0.391 e. The van der Waals surface area contributed by atoms with Gasteiger partial charge in [0.25, 0.3) is 0 Å². The normalized spacial score (nSPS) is 33.5. The van der Waals surface area contributed by atoms with Crippen molar-refractivity contribution in [2.24, 2.45) is 0 Å². The molecule has 0 aromatic heterocycles. The van der Waals surface area contributed by atoms with Crippen LogP contribution in [0.15, 0.2) is 22.8 Å². The van der Waals surface area contributed by atoms with Crippen LogP contribution >= 0.6 is 11.8 Å². The van der Waals surface area contributed by atoms with Crippen molar-refractivity contribution in [3.63, 3.8) is 0 Å². The summed E-state index contributed by atoms with van der Waals surface area (Å²) in [4.78, 5) is 0. The second-order valence-corrected chi connectivity index (χ2v) is 4.05. The molecule has 0 radical (unpaired) electrons. The standard InChI is InChI=1S/C9H13NOS/c1-12-8-5-3-6-2-4-7(11)9(6)10-8/h3,5,7,9-11H,2,4H2,1H3. The summed E-state index contributed by atoms with van der Waals surface area (Å²) in [6.07, 6.45) is 8.03. The molecule has 0 saturated heterocycles. The molecular formula is C9H13NOS. The summed E-state index contributed by atoms with van der Waals surface area (Å²) in [6.45, 7) is 0. The number of thioether (sulfide) groups is 1. The van der Waals surface area contributed by atoms with E-state index in [2.05, 4.69) is 17.5 Å². The summed E-state index contributed by atoms with van der Waals surface area (Å²) < 4.78 is 0. The molecule has 1 aliphatic heterocycles. The Hall–Kier alpha value is -0.410. The molecule has 1 saturated carbocycles. The van der Waals surface area contributed by atoms with Crippen molar-refractivity contribution in [3.8, 4) is 0 Å². The zero-order chi connectivity index (χ0) is 8.55. The van der Waals surface area contributed by atoms with E-state index in [1.54, 1.807) is 11.8 Å². The summed E-state index contributed by atoms with van der Waals surface area (Å²) >= 11 is 1.69. The van der Waals surface area contributed by atoms with E-state index in [1.807, 2.05) is 6.26 Å². The number of allylic oxidation sites excluding steroid dienone is 2. The monoisotopic (exact) mass is 183 g/mol. The van der Waals surface area contributed by atoms with Gasteiger partial charge in [-0.15, -0.1) is 11.8 Å². The second kappa shape index (κ2) is 3.15. The van der Waals surface area contributed by atoms with Crippen molar-refractivity contribution in [1.29, 1.82) is 0 Å². The maximum absolute atomic E-state index is 9.60. The number of aliphatic hydroxyl groups excluding tert-OH is 1. The minimum atomic E-state index is -0.188. The van der Waals surface area contributed by atoms with Crippen molar-refractivity contribution < 1.29 is 5.11 Å². The Morgan fingerprint density at radius 2 is 2.42 bits per heavy atom. The number of rotatable bonds is 1. The maximum Gasteiger partial charge on any atom is 0.0783 e. The molecule has 0 aromatic rings. The summed E-state index contributed by atoms with van der Waals surface area (Å²) in [7, 11) is 0. The van der Waals surface area contributed by atoms with Crippen LogP contribution in [0.2, 0.25) is 0 Å². The second-order valence-electron chi connectivity index (χ2n) is 3.20. The van der Waals surface area contributed by atoms with Gasteiger partial charge >= 0.3 is 0 Å². The van der Waals surface area contributed by atoms with Gasteiger partial charge in [-0.1, -0.05) is 6.08 Å². The number of fused-ring (bicyclic) bond motifs is 1. The fourth-order valence-electron chi connectivity index (χ4n) is 1.77. The molecule has 1 heterocycles. The number of dihydropyridines is 1. The molecule has 2 atom stereocenters. The van der Waals surface area contributed by atoms with Crippen LogP contribution < -0.4 is 5.32 Å². The van der Waals surface area contributed by atoms with Gasteiger partial charge in [-0.2, -0.15) is 0 Å². The zero-order valence-corrected chi connectivity index (χ0v) is 7.90. The summed E-state index contributed by atoms with van der Waals surface area (Å²) in [5.41, 5.74) is 1.35. The number of hydrogen-bond donors (Lipinski definition) is 2. The van der Waals surface area contributed by atoms with Crippen molar-refractivity contribution in [2.45, 2.75) is 25.0 Å². The van der Waals surface area contributed by atoms with E-state index in [-0.39, 0.29) is 12.1 Å². The molecular weight excluding hydrogens is 170 g/mol. The molecule has 0 bridgehead atoms. The first-order chi connectivity index (χ1) is 5.81. The highest BCUT2D eigenvalue weighted by molar-refractivity contribution is 8.02. The van der Waals surface area contributed by atoms with Gasteiger partial charge in [0.2, 0.25) is 0 Å². The third kappa shape index (κ3) is 1.27. The van der Waals surface area contributed by atoms with Gasteiger partial charge in [0.15, 0.2) is 0 Å². The molecule has 1 fully saturated rings. The molecule has 12 heavy (non-hydrogen) atoms. The molecule has 1 aliphatic carbocycles. The molecule has 66 valence electrons. The van der Waals surface area contributed by atoms with Crippen LogP contribution in [0.25, 0.3) is 0 Å². The summed E-state index contributed by atoms with van der Waals surface area (Å²) in [5, 5.41) is 14.1. The molecule has 2 unspecified atom stereocenters. The molecule has 2 N–H and O–H groups in total. The number of nitrogens with one attached hydrogen (secondary N) is 1. The van der Waals surface area contributed by atoms with Crippen LogP contribution in [0, 0.1) is 0 Å². The number of aliphatic hydroxyl groups is 1. The van der Waals surface area contributed by atoms with E-state index in [1.165, 1.54) is 5.57 Å². The van der Waals surface area contributed by atoms with E-state index in [0.717, 1.165) is 17.9 Å². The Labute approximate surface area is 76.7 Å². The van der Waals surface area contributed by atoms with Crippen molar-refractivity contribution in [1.82, 2.24) is 5.32 Å². The average Bonchev–Trinajstić information content (AvgIpc) is 2.47. The van der Waals surface area contributed by atoms with Crippen LogP contribution in [-0.2, 0) is 0 Å². The van der Waals surface area contributed by atoms with Crippen LogP contribution in [-0.4, -0.2) is 23.5 Å². The quantitative estimate of drug-likeness (QED) is 0.641. The molecule has 2 rings (SSSR count). The van der Waals surface area contributed by atoms with Gasteiger partial charge in [0.1, 0.15) is 0 Å². The maximum atomic E-state index is 9.60. The van der Waals surface area contributed by atoms with Gasteiger partial charge in [-0.05, 0) is 30.7 Å². The predicted molar refractivity (Wildman–Crippen MR) is 51.8 cm³/mol. The van der Waals surface area contributed by atoms with Crippen LogP contribution in [0.3, 0.4) is 0 Å². The fraction of sp³-hybridized carbons (Fsp3) is 0.556. The smallest absolute Gasteiger partial charge is 0.0783 e. The van der Waals surface area contributed by atoms with Crippen LogP contribution in [0.4, 0.5) is 0 Å². The highest BCUT2D eigenvalue weighted by Crippen LogP contribution is 2.30. The van der Waals surface area contributed by atoms with Crippen molar-refractivity contribution in [2.75, 3.05) is 6.26 Å². The first kappa shape index (κ1) is 8.20. The minimum absolute atomic E-state index is 0.188. The Balaban J connectivity index is 2.17. The van der Waals surface area contributed by atoms with Gasteiger partial charge < -0.3 is 10.4 Å². The van der Waals surface area contributed by atoms with Crippen molar-refractivity contribution >= 4 is 11.8 Å². The first-order valence-electron chi connectivity index (χ1n) is 4.20. The summed E-state index contributed by atoms with van der Waals surface area (Å²) in [5.74, 6) is 0. The highest BCUT2D eigenvalue weighted by Gasteiger charge is 2.31. The SMILES string of the molecule is CSC1=CC=C2CCC(O)C2N1. The van der Waals surface area contributed by atoms with Gasteiger partial charge in [0.05, 0.1) is 17.2 Å². The lowest BCUT2D eigenvalue weighted by Crippen LogP contribution is -2.36. The van der Waals surface area contributed by atoms with Crippen molar-refractivity contribution in [3.05, 3.63) is 22.8 Å². The Kier molecular flexibility index (Phi) is 2.15. The molecule has 0 amide bonds. The Morgan fingerprint density at radius 1 is 1.58 bits per heavy atom. The molecule has 0 spiro atoms. The zero-order valence-electron chi connectivity index (χ0n) is 7.08. The molecule has 2 aliphatic rings. The van der Waals surface area contributed by atoms with Gasteiger partial charge in [0, 0.05) is 0 Å². The van der Waals surface area contributed by atoms with E-state index < -0.39 is 0 Å². The van der Waals surface area contributed by atoms with Crippen LogP contribution in [0.1, 0.15) is 12.8 Å². The first-order valence-corrected chi connectivity index (χ1v) is 5.43. The average molecular weight is 183 g/mol. The van der Waals surface area contributed by atoms with Gasteiger partial charge in [-0.25, -0.2) is 0 Å². The van der Waals surface area contributed by atoms with Crippen LogP contribution in [0.5, 0.6) is 0 Å². The lowest BCUT2D eigenvalue weighted by Gasteiger charge is -2.23. The topological polar surface area (TPSA) is 32.3 Å². The van der Waals surface area contributed by atoms with E-state index in [9.17, 15) is 5.11 Å².